The Bertz CT molecular complexity index is 698. The highest BCUT2D eigenvalue weighted by Gasteiger charge is 2.25. The lowest BCUT2D eigenvalue weighted by molar-refractivity contribution is 0.0143. The molecule has 3 rings (SSSR count). The van der Waals surface area contributed by atoms with Crippen molar-refractivity contribution >= 4 is 17.3 Å². The monoisotopic (exact) mass is 331 g/mol. The predicted molar refractivity (Wildman–Crippen MR) is 91.8 cm³/mol. The summed E-state index contributed by atoms with van der Waals surface area (Å²) in [6.45, 7) is 10.6. The van der Waals surface area contributed by atoms with Crippen LogP contribution >= 0.6 is 0 Å². The Balaban J connectivity index is 1.48. The first-order chi connectivity index (χ1) is 11.4. The van der Waals surface area contributed by atoms with E-state index in [9.17, 15) is 4.79 Å². The zero-order chi connectivity index (χ0) is 17.2. The Hall–Kier alpha value is -2.15. The molecular weight excluding hydrogens is 306 g/mol. The van der Waals surface area contributed by atoms with Gasteiger partial charge in [-0.15, -0.1) is 0 Å². The number of piperazine rings is 1. The zero-order valence-corrected chi connectivity index (χ0v) is 14.6. The summed E-state index contributed by atoms with van der Waals surface area (Å²) in [6.07, 6.45) is 3.42. The van der Waals surface area contributed by atoms with Crippen LogP contribution in [0.3, 0.4) is 0 Å². The van der Waals surface area contributed by atoms with E-state index in [0.29, 0.717) is 13.1 Å². The molecule has 0 aliphatic carbocycles. The van der Waals surface area contributed by atoms with Gasteiger partial charge in [0.1, 0.15) is 11.1 Å². The molecule has 0 saturated carbocycles. The number of hydrogen-bond donors (Lipinski definition) is 0. The fraction of sp³-hybridized carbons (Fsp3) is 0.588. The fourth-order valence-electron chi connectivity index (χ4n) is 2.79. The van der Waals surface area contributed by atoms with Crippen LogP contribution in [0.4, 0.5) is 4.79 Å². The largest absolute Gasteiger partial charge is 0.444 e. The summed E-state index contributed by atoms with van der Waals surface area (Å²) in [6, 6.07) is 3.87. The van der Waals surface area contributed by atoms with E-state index >= 15 is 0 Å². The molecule has 3 heterocycles. The SMILES string of the molecule is CC(C)(C)OC(=O)N1CCN(CCn2cnc3cccnc32)CC1. The summed E-state index contributed by atoms with van der Waals surface area (Å²) in [5, 5.41) is 0. The van der Waals surface area contributed by atoms with E-state index in [0.717, 1.165) is 37.3 Å². The second-order valence-corrected chi connectivity index (χ2v) is 7.09. The van der Waals surface area contributed by atoms with Crippen LogP contribution in [0.2, 0.25) is 0 Å². The van der Waals surface area contributed by atoms with Crippen LogP contribution in [0, 0.1) is 0 Å². The van der Waals surface area contributed by atoms with Crippen LogP contribution in [0.5, 0.6) is 0 Å². The van der Waals surface area contributed by atoms with Crippen LogP contribution in [0.15, 0.2) is 24.7 Å². The molecular formula is C17H25N5O2. The summed E-state index contributed by atoms with van der Waals surface area (Å²) in [7, 11) is 0. The number of fused-ring (bicyclic) bond motifs is 1. The molecule has 2 aromatic heterocycles. The van der Waals surface area contributed by atoms with Crippen molar-refractivity contribution in [3.8, 4) is 0 Å². The Morgan fingerprint density at radius 2 is 1.92 bits per heavy atom. The number of ether oxygens (including phenoxy) is 1. The minimum absolute atomic E-state index is 0.216. The van der Waals surface area contributed by atoms with Crippen LogP contribution < -0.4 is 0 Å². The van der Waals surface area contributed by atoms with Gasteiger partial charge in [-0.05, 0) is 32.9 Å². The molecule has 0 atom stereocenters. The third kappa shape index (κ3) is 4.03. The number of aromatic nitrogens is 3. The maximum absolute atomic E-state index is 12.1. The third-order valence-electron chi connectivity index (χ3n) is 4.06. The van der Waals surface area contributed by atoms with E-state index < -0.39 is 5.60 Å². The topological polar surface area (TPSA) is 63.5 Å². The number of pyridine rings is 1. The molecule has 1 aliphatic heterocycles. The van der Waals surface area contributed by atoms with Crippen molar-refractivity contribution in [1.82, 2.24) is 24.3 Å². The van der Waals surface area contributed by atoms with Crippen molar-refractivity contribution in [2.45, 2.75) is 32.9 Å². The van der Waals surface area contributed by atoms with E-state index in [4.69, 9.17) is 4.74 Å². The Labute approximate surface area is 142 Å². The van der Waals surface area contributed by atoms with Crippen molar-refractivity contribution in [2.75, 3.05) is 32.7 Å². The van der Waals surface area contributed by atoms with Gasteiger partial charge in [-0.2, -0.15) is 0 Å². The summed E-state index contributed by atoms with van der Waals surface area (Å²) >= 11 is 0. The van der Waals surface area contributed by atoms with Crippen LogP contribution in [-0.2, 0) is 11.3 Å². The van der Waals surface area contributed by atoms with Gasteiger partial charge in [0.25, 0.3) is 0 Å². The number of carbonyl (C=O) groups excluding carboxylic acids is 1. The van der Waals surface area contributed by atoms with Gasteiger partial charge in [0.15, 0.2) is 5.65 Å². The standard InChI is InChI=1S/C17H25N5O2/c1-17(2,3)24-16(23)21-10-7-20(8-11-21)9-12-22-13-19-14-5-4-6-18-15(14)22/h4-6,13H,7-12H2,1-3H3. The summed E-state index contributed by atoms with van der Waals surface area (Å²) in [4.78, 5) is 25.0. The molecule has 1 aliphatic rings. The van der Waals surface area contributed by atoms with Crippen LogP contribution in [0.25, 0.3) is 11.2 Å². The smallest absolute Gasteiger partial charge is 0.410 e. The van der Waals surface area contributed by atoms with Crippen molar-refractivity contribution < 1.29 is 9.53 Å². The van der Waals surface area contributed by atoms with E-state index in [-0.39, 0.29) is 6.09 Å². The highest BCUT2D eigenvalue weighted by Crippen LogP contribution is 2.12. The van der Waals surface area contributed by atoms with E-state index in [2.05, 4.69) is 19.4 Å². The molecule has 130 valence electrons. The quantitative estimate of drug-likeness (QED) is 0.860. The minimum atomic E-state index is -0.441. The van der Waals surface area contributed by atoms with Gasteiger partial charge in [0.2, 0.25) is 0 Å². The second-order valence-electron chi connectivity index (χ2n) is 7.09. The first-order valence-electron chi connectivity index (χ1n) is 8.38. The first kappa shape index (κ1) is 16.7. The fourth-order valence-corrected chi connectivity index (χ4v) is 2.79. The lowest BCUT2D eigenvalue weighted by Gasteiger charge is -2.35. The Morgan fingerprint density at radius 3 is 2.62 bits per heavy atom. The van der Waals surface area contributed by atoms with Crippen molar-refractivity contribution in [3.63, 3.8) is 0 Å². The number of carbonyl (C=O) groups is 1. The molecule has 0 radical (unpaired) electrons. The molecule has 24 heavy (non-hydrogen) atoms. The molecule has 7 nitrogen and oxygen atoms in total. The highest BCUT2D eigenvalue weighted by molar-refractivity contribution is 5.70. The average molecular weight is 331 g/mol. The molecule has 0 aromatic carbocycles. The molecule has 1 saturated heterocycles. The second kappa shape index (κ2) is 6.76. The molecule has 0 N–H and O–H groups in total. The number of amides is 1. The number of hydrogen-bond acceptors (Lipinski definition) is 5. The van der Waals surface area contributed by atoms with Crippen LogP contribution in [-0.4, -0.2) is 68.8 Å². The lowest BCUT2D eigenvalue weighted by Crippen LogP contribution is -2.50. The van der Waals surface area contributed by atoms with E-state index in [1.165, 1.54) is 0 Å². The molecule has 0 unspecified atom stereocenters. The first-order valence-corrected chi connectivity index (χ1v) is 8.38. The lowest BCUT2D eigenvalue weighted by atomic mass is 10.2. The predicted octanol–water partition coefficient (Wildman–Crippen LogP) is 1.98. The maximum Gasteiger partial charge on any atom is 0.410 e. The summed E-state index contributed by atoms with van der Waals surface area (Å²) in [5.74, 6) is 0. The van der Waals surface area contributed by atoms with Gasteiger partial charge < -0.3 is 14.2 Å². The average Bonchev–Trinajstić information content (AvgIpc) is 2.95. The zero-order valence-electron chi connectivity index (χ0n) is 14.6. The maximum atomic E-state index is 12.1. The molecule has 1 fully saturated rings. The van der Waals surface area contributed by atoms with Gasteiger partial charge in [-0.25, -0.2) is 14.8 Å². The molecule has 7 heteroatoms. The number of imidazole rings is 1. The molecule has 2 aromatic rings. The highest BCUT2D eigenvalue weighted by atomic mass is 16.6. The molecule has 1 amide bonds. The number of rotatable bonds is 3. The normalized spacial score (nSPS) is 16.5. The summed E-state index contributed by atoms with van der Waals surface area (Å²) in [5.41, 5.74) is 1.40. The Morgan fingerprint density at radius 1 is 1.17 bits per heavy atom. The van der Waals surface area contributed by atoms with Crippen molar-refractivity contribution in [2.24, 2.45) is 0 Å². The van der Waals surface area contributed by atoms with Crippen LogP contribution in [0.1, 0.15) is 20.8 Å². The number of nitrogens with zero attached hydrogens (tertiary/aromatic N) is 5. The Kier molecular flexibility index (Phi) is 4.71. The van der Waals surface area contributed by atoms with Gasteiger partial charge >= 0.3 is 6.09 Å². The van der Waals surface area contributed by atoms with Gasteiger partial charge in [0.05, 0.1) is 6.33 Å². The van der Waals surface area contributed by atoms with Gasteiger partial charge in [-0.1, -0.05) is 0 Å². The van der Waals surface area contributed by atoms with Gasteiger partial charge in [-0.3, -0.25) is 4.90 Å². The third-order valence-corrected chi connectivity index (χ3v) is 4.06. The molecule has 0 spiro atoms. The van der Waals surface area contributed by atoms with E-state index in [1.807, 2.05) is 39.2 Å². The summed E-state index contributed by atoms with van der Waals surface area (Å²) < 4.78 is 7.51. The van der Waals surface area contributed by atoms with Crippen molar-refractivity contribution in [3.05, 3.63) is 24.7 Å². The van der Waals surface area contributed by atoms with E-state index in [1.54, 1.807) is 11.1 Å². The molecule has 0 bridgehead atoms. The van der Waals surface area contributed by atoms with Gasteiger partial charge in [0, 0.05) is 45.5 Å². The minimum Gasteiger partial charge on any atom is -0.444 e. The van der Waals surface area contributed by atoms with Crippen molar-refractivity contribution in [1.29, 1.82) is 0 Å².